The summed E-state index contributed by atoms with van der Waals surface area (Å²) in [6, 6.07) is 0.866. The van der Waals surface area contributed by atoms with Crippen LogP contribution < -0.4 is 5.32 Å². The van der Waals surface area contributed by atoms with Gasteiger partial charge in [0.05, 0.1) is 6.20 Å². The highest BCUT2D eigenvalue weighted by Crippen LogP contribution is 2.31. The lowest BCUT2D eigenvalue weighted by molar-refractivity contribution is -0.122. The van der Waals surface area contributed by atoms with E-state index in [9.17, 15) is 4.79 Å². The number of likely N-dealkylation sites (tertiary alicyclic amines) is 1. The Morgan fingerprint density at radius 1 is 1.27 bits per heavy atom. The zero-order valence-corrected chi connectivity index (χ0v) is 13.6. The van der Waals surface area contributed by atoms with Crippen LogP contribution in [-0.2, 0) is 11.8 Å². The Morgan fingerprint density at radius 3 is 2.82 bits per heavy atom. The molecule has 1 saturated heterocycles. The molecule has 122 valence electrons. The number of aromatic nitrogens is 2. The van der Waals surface area contributed by atoms with Gasteiger partial charge in [-0.1, -0.05) is 19.3 Å². The molecule has 0 bridgehead atoms. The minimum Gasteiger partial charge on any atom is -0.353 e. The largest absolute Gasteiger partial charge is 0.353 e. The van der Waals surface area contributed by atoms with Crippen molar-refractivity contribution in [1.29, 1.82) is 0 Å². The number of rotatable bonds is 5. The van der Waals surface area contributed by atoms with E-state index in [0.717, 1.165) is 25.9 Å². The van der Waals surface area contributed by atoms with E-state index < -0.39 is 0 Å². The number of nitrogens with one attached hydrogen (secondary N) is 1. The maximum Gasteiger partial charge on any atom is 0.221 e. The molecule has 2 aliphatic rings. The molecule has 2 fully saturated rings. The average Bonchev–Trinajstić information content (AvgIpc) is 3.14. The SMILES string of the molecule is Cn1cc([C@@H]2CCCN2CCC(=O)NC2CCCCC2)cn1. The molecule has 1 amide bonds. The Bertz CT molecular complexity index is 493. The van der Waals surface area contributed by atoms with Crippen LogP contribution in [0.3, 0.4) is 0 Å². The molecule has 5 heteroatoms. The molecular formula is C17H28N4O. The predicted molar refractivity (Wildman–Crippen MR) is 86.4 cm³/mol. The molecule has 1 aromatic rings. The fourth-order valence-electron chi connectivity index (χ4n) is 3.88. The highest BCUT2D eigenvalue weighted by Gasteiger charge is 2.27. The standard InChI is InChI=1S/C17H28N4O/c1-20-13-14(12-18-20)16-8-5-10-21(16)11-9-17(22)19-15-6-3-2-4-7-15/h12-13,15-16H,2-11H2,1H3,(H,19,22)/t16-/m0/s1. The van der Waals surface area contributed by atoms with E-state index in [1.165, 1.54) is 37.7 Å². The van der Waals surface area contributed by atoms with Crippen LogP contribution in [0.25, 0.3) is 0 Å². The maximum absolute atomic E-state index is 12.2. The number of nitrogens with zero attached hydrogens (tertiary/aromatic N) is 3. The van der Waals surface area contributed by atoms with Crippen LogP contribution in [0.5, 0.6) is 0 Å². The van der Waals surface area contributed by atoms with Gasteiger partial charge >= 0.3 is 0 Å². The van der Waals surface area contributed by atoms with Gasteiger partial charge in [-0.2, -0.15) is 5.10 Å². The summed E-state index contributed by atoms with van der Waals surface area (Å²) < 4.78 is 1.86. The van der Waals surface area contributed by atoms with Gasteiger partial charge in [0, 0.05) is 43.9 Å². The van der Waals surface area contributed by atoms with Crippen molar-refractivity contribution in [3.05, 3.63) is 18.0 Å². The van der Waals surface area contributed by atoms with Gasteiger partial charge in [0.15, 0.2) is 0 Å². The Kier molecular flexibility index (Phi) is 5.13. The van der Waals surface area contributed by atoms with Gasteiger partial charge in [0.2, 0.25) is 5.91 Å². The summed E-state index contributed by atoms with van der Waals surface area (Å²) in [5.41, 5.74) is 1.28. The molecule has 5 nitrogen and oxygen atoms in total. The monoisotopic (exact) mass is 304 g/mol. The quantitative estimate of drug-likeness (QED) is 0.909. The van der Waals surface area contributed by atoms with Crippen molar-refractivity contribution in [2.45, 2.75) is 63.5 Å². The van der Waals surface area contributed by atoms with E-state index in [0.29, 0.717) is 18.5 Å². The lowest BCUT2D eigenvalue weighted by atomic mass is 9.95. The molecule has 1 atom stereocenters. The van der Waals surface area contributed by atoms with Crippen molar-refractivity contribution >= 4 is 5.91 Å². The van der Waals surface area contributed by atoms with Crippen LogP contribution in [0.1, 0.15) is 63.0 Å². The van der Waals surface area contributed by atoms with Crippen LogP contribution >= 0.6 is 0 Å². The first-order valence-electron chi connectivity index (χ1n) is 8.74. The number of aryl methyl sites for hydroxylation is 1. The van der Waals surface area contributed by atoms with Crippen molar-refractivity contribution in [3.63, 3.8) is 0 Å². The summed E-state index contributed by atoms with van der Waals surface area (Å²) in [6.07, 6.45) is 13.2. The normalized spacial score (nSPS) is 23.8. The Hall–Kier alpha value is -1.36. The highest BCUT2D eigenvalue weighted by atomic mass is 16.1. The van der Waals surface area contributed by atoms with E-state index >= 15 is 0 Å². The third kappa shape index (κ3) is 3.88. The Labute approximate surface area is 133 Å². The highest BCUT2D eigenvalue weighted by molar-refractivity contribution is 5.76. The zero-order chi connectivity index (χ0) is 15.4. The van der Waals surface area contributed by atoms with Crippen molar-refractivity contribution < 1.29 is 4.79 Å². The molecule has 0 radical (unpaired) electrons. The Balaban J connectivity index is 1.46. The molecule has 1 aliphatic carbocycles. The second-order valence-electron chi connectivity index (χ2n) is 6.79. The van der Waals surface area contributed by atoms with Crippen LogP contribution in [0.4, 0.5) is 0 Å². The van der Waals surface area contributed by atoms with Gasteiger partial charge in [-0.15, -0.1) is 0 Å². The van der Waals surface area contributed by atoms with E-state index in [1.54, 1.807) is 0 Å². The second kappa shape index (κ2) is 7.27. The molecule has 1 aliphatic heterocycles. The van der Waals surface area contributed by atoms with Crippen LogP contribution in [-0.4, -0.2) is 39.7 Å². The second-order valence-corrected chi connectivity index (χ2v) is 6.79. The van der Waals surface area contributed by atoms with E-state index in [4.69, 9.17) is 0 Å². The molecule has 3 rings (SSSR count). The molecule has 2 heterocycles. The van der Waals surface area contributed by atoms with Crippen molar-refractivity contribution in [2.75, 3.05) is 13.1 Å². The van der Waals surface area contributed by atoms with E-state index in [2.05, 4.69) is 21.5 Å². The fourth-order valence-corrected chi connectivity index (χ4v) is 3.88. The molecule has 1 aromatic heterocycles. The summed E-state index contributed by atoms with van der Waals surface area (Å²) in [6.45, 7) is 1.95. The first-order valence-corrected chi connectivity index (χ1v) is 8.74. The molecule has 0 aromatic carbocycles. The van der Waals surface area contributed by atoms with Gasteiger partial charge in [0.1, 0.15) is 0 Å². The van der Waals surface area contributed by atoms with E-state index in [-0.39, 0.29) is 5.91 Å². The smallest absolute Gasteiger partial charge is 0.221 e. The van der Waals surface area contributed by atoms with Gasteiger partial charge in [0.25, 0.3) is 0 Å². The lowest BCUT2D eigenvalue weighted by Gasteiger charge is -2.25. The van der Waals surface area contributed by atoms with Gasteiger partial charge in [-0.3, -0.25) is 14.4 Å². The maximum atomic E-state index is 12.2. The molecule has 0 unspecified atom stereocenters. The number of carbonyl (C=O) groups is 1. The molecular weight excluding hydrogens is 276 g/mol. The van der Waals surface area contributed by atoms with Crippen molar-refractivity contribution in [2.24, 2.45) is 7.05 Å². The van der Waals surface area contributed by atoms with Crippen LogP contribution in [0, 0.1) is 0 Å². The molecule has 0 spiro atoms. The number of hydrogen-bond donors (Lipinski definition) is 1. The minimum absolute atomic E-state index is 0.226. The van der Waals surface area contributed by atoms with Crippen LogP contribution in [0.15, 0.2) is 12.4 Å². The average molecular weight is 304 g/mol. The van der Waals surface area contributed by atoms with Crippen LogP contribution in [0.2, 0.25) is 0 Å². The first kappa shape index (κ1) is 15.5. The minimum atomic E-state index is 0.226. The number of carbonyl (C=O) groups excluding carboxylic acids is 1. The topological polar surface area (TPSA) is 50.2 Å². The van der Waals surface area contributed by atoms with Gasteiger partial charge in [-0.25, -0.2) is 0 Å². The predicted octanol–water partition coefficient (Wildman–Crippen LogP) is 2.40. The fraction of sp³-hybridized carbons (Fsp3) is 0.765. The summed E-state index contributed by atoms with van der Waals surface area (Å²) in [5.74, 6) is 0.226. The Morgan fingerprint density at radius 2 is 2.09 bits per heavy atom. The lowest BCUT2D eigenvalue weighted by Crippen LogP contribution is -2.38. The summed E-state index contributed by atoms with van der Waals surface area (Å²) in [4.78, 5) is 14.6. The third-order valence-corrected chi connectivity index (χ3v) is 5.07. The molecule has 1 saturated carbocycles. The van der Waals surface area contributed by atoms with Crippen molar-refractivity contribution in [1.82, 2.24) is 20.0 Å². The number of amides is 1. The van der Waals surface area contributed by atoms with Crippen molar-refractivity contribution in [3.8, 4) is 0 Å². The summed E-state index contributed by atoms with van der Waals surface area (Å²) in [5, 5.41) is 7.50. The zero-order valence-electron chi connectivity index (χ0n) is 13.6. The van der Waals surface area contributed by atoms with E-state index in [1.807, 2.05) is 17.9 Å². The van der Waals surface area contributed by atoms with Gasteiger partial charge in [-0.05, 0) is 32.2 Å². The number of hydrogen-bond acceptors (Lipinski definition) is 3. The molecule has 22 heavy (non-hydrogen) atoms. The summed E-state index contributed by atoms with van der Waals surface area (Å²) in [7, 11) is 1.96. The third-order valence-electron chi connectivity index (χ3n) is 5.07. The molecule has 1 N–H and O–H groups in total. The van der Waals surface area contributed by atoms with Gasteiger partial charge < -0.3 is 5.32 Å². The summed E-state index contributed by atoms with van der Waals surface area (Å²) >= 11 is 0. The first-order chi connectivity index (χ1) is 10.7.